The Morgan fingerprint density at radius 1 is 1.20 bits per heavy atom. The van der Waals surface area contributed by atoms with E-state index in [1.54, 1.807) is 7.11 Å². The van der Waals surface area contributed by atoms with Crippen LogP contribution in [0.25, 0.3) is 0 Å². The Labute approximate surface area is 174 Å². The van der Waals surface area contributed by atoms with Gasteiger partial charge in [-0.2, -0.15) is 13.2 Å². The quantitative estimate of drug-likeness (QED) is 0.794. The van der Waals surface area contributed by atoms with Crippen molar-refractivity contribution < 1.29 is 32.6 Å². The maximum absolute atomic E-state index is 13.0. The first-order valence-corrected chi connectivity index (χ1v) is 9.91. The highest BCUT2D eigenvalue weighted by molar-refractivity contribution is 5.95. The fourth-order valence-electron chi connectivity index (χ4n) is 4.11. The topological polar surface area (TPSA) is 70.1 Å². The molecule has 0 aliphatic carbocycles. The summed E-state index contributed by atoms with van der Waals surface area (Å²) in [5, 5.41) is 7.12. The number of alkyl halides is 3. The number of hydrogen-bond donors (Lipinski definition) is 1. The van der Waals surface area contributed by atoms with Gasteiger partial charge in [0.1, 0.15) is 0 Å². The molecule has 3 rings (SSSR count). The third-order valence-electron chi connectivity index (χ3n) is 5.78. The molecule has 0 bridgehead atoms. The zero-order valence-electron chi connectivity index (χ0n) is 17.6. The molecule has 1 spiro atoms. The van der Waals surface area contributed by atoms with Gasteiger partial charge in [0.15, 0.2) is 0 Å². The number of aryl methyl sites for hydroxylation is 2. The van der Waals surface area contributed by atoms with Crippen LogP contribution in [0.5, 0.6) is 0 Å². The van der Waals surface area contributed by atoms with Crippen molar-refractivity contribution in [2.24, 2.45) is 0 Å². The van der Waals surface area contributed by atoms with E-state index >= 15 is 0 Å². The summed E-state index contributed by atoms with van der Waals surface area (Å²) in [7, 11) is 1.75. The van der Waals surface area contributed by atoms with E-state index in [-0.39, 0.29) is 11.4 Å². The number of aliphatic carboxylic acids is 1. The average Bonchev–Trinajstić information content (AvgIpc) is 2.67. The molecule has 2 fully saturated rings. The molecule has 0 saturated carbocycles. The van der Waals surface area contributed by atoms with Gasteiger partial charge >= 0.3 is 12.1 Å². The number of benzene rings is 1. The first kappa shape index (κ1) is 24.1. The van der Waals surface area contributed by atoms with Crippen LogP contribution in [0.1, 0.15) is 40.7 Å². The Bertz CT molecular complexity index is 769. The minimum atomic E-state index is -5.08. The van der Waals surface area contributed by atoms with Crippen LogP contribution in [0, 0.1) is 13.8 Å². The normalized spacial score (nSPS) is 21.6. The molecule has 1 aromatic rings. The second-order valence-electron chi connectivity index (χ2n) is 7.91. The van der Waals surface area contributed by atoms with Gasteiger partial charge in [-0.05, 0) is 44.7 Å². The molecule has 30 heavy (non-hydrogen) atoms. The summed E-state index contributed by atoms with van der Waals surface area (Å²) >= 11 is 0. The number of methoxy groups -OCH3 is 1. The molecule has 0 aromatic heterocycles. The van der Waals surface area contributed by atoms with Gasteiger partial charge < -0.3 is 14.7 Å². The number of carbonyl (C=O) groups is 2. The number of piperidine rings is 1. The zero-order valence-corrected chi connectivity index (χ0v) is 17.6. The molecule has 1 amide bonds. The van der Waals surface area contributed by atoms with E-state index in [2.05, 4.69) is 22.8 Å². The summed E-state index contributed by atoms with van der Waals surface area (Å²) < 4.78 is 37.0. The summed E-state index contributed by atoms with van der Waals surface area (Å²) in [5.41, 5.74) is 3.35. The van der Waals surface area contributed by atoms with E-state index in [4.69, 9.17) is 14.6 Å². The largest absolute Gasteiger partial charge is 0.490 e. The number of rotatable bonds is 4. The lowest BCUT2D eigenvalue weighted by atomic mass is 9.77. The van der Waals surface area contributed by atoms with Gasteiger partial charge in [-0.15, -0.1) is 0 Å². The van der Waals surface area contributed by atoms with Crippen molar-refractivity contribution in [2.45, 2.75) is 44.8 Å². The summed E-state index contributed by atoms with van der Waals surface area (Å²) in [6.45, 7) is 8.73. The first-order chi connectivity index (χ1) is 14.0. The van der Waals surface area contributed by atoms with E-state index in [9.17, 15) is 18.0 Å². The Morgan fingerprint density at radius 3 is 2.37 bits per heavy atom. The van der Waals surface area contributed by atoms with Crippen LogP contribution in [0.2, 0.25) is 0 Å². The monoisotopic (exact) mass is 430 g/mol. The van der Waals surface area contributed by atoms with Gasteiger partial charge in [-0.25, -0.2) is 4.79 Å². The second kappa shape index (κ2) is 9.78. The van der Waals surface area contributed by atoms with Crippen LogP contribution in [0.4, 0.5) is 13.2 Å². The number of nitrogens with zero attached hydrogens (tertiary/aromatic N) is 2. The van der Waals surface area contributed by atoms with E-state index in [1.807, 2.05) is 19.1 Å². The number of carbonyl (C=O) groups excluding carboxylic acids is 1. The van der Waals surface area contributed by atoms with E-state index < -0.39 is 12.1 Å². The third-order valence-corrected chi connectivity index (χ3v) is 5.78. The lowest BCUT2D eigenvalue weighted by molar-refractivity contribution is -0.192. The van der Waals surface area contributed by atoms with E-state index in [0.29, 0.717) is 0 Å². The molecule has 168 valence electrons. The molecule has 2 heterocycles. The minimum Gasteiger partial charge on any atom is -0.475 e. The van der Waals surface area contributed by atoms with Gasteiger partial charge in [0.25, 0.3) is 5.91 Å². The van der Waals surface area contributed by atoms with Crippen molar-refractivity contribution in [1.82, 2.24) is 9.80 Å². The second-order valence-corrected chi connectivity index (χ2v) is 7.91. The minimum absolute atomic E-state index is 0.195. The molecule has 0 radical (unpaired) electrons. The van der Waals surface area contributed by atoms with Crippen molar-refractivity contribution in [3.63, 3.8) is 0 Å². The molecular weight excluding hydrogens is 401 g/mol. The van der Waals surface area contributed by atoms with Crippen molar-refractivity contribution in [3.05, 3.63) is 34.9 Å². The highest BCUT2D eigenvalue weighted by Gasteiger charge is 2.47. The lowest BCUT2D eigenvalue weighted by Gasteiger charge is -2.57. The van der Waals surface area contributed by atoms with Crippen LogP contribution in [0.3, 0.4) is 0 Å². The third kappa shape index (κ3) is 5.72. The molecule has 9 heteroatoms. The number of likely N-dealkylation sites (tertiary alicyclic amines) is 2. The van der Waals surface area contributed by atoms with Gasteiger partial charge in [0, 0.05) is 44.4 Å². The Morgan fingerprint density at radius 2 is 1.87 bits per heavy atom. The summed E-state index contributed by atoms with van der Waals surface area (Å²) in [6.07, 6.45) is -1.58. The fourth-order valence-corrected chi connectivity index (χ4v) is 4.11. The van der Waals surface area contributed by atoms with Crippen LogP contribution in [0.15, 0.2) is 18.2 Å². The smallest absolute Gasteiger partial charge is 0.475 e. The zero-order chi connectivity index (χ0) is 22.5. The fraction of sp³-hybridized carbons (Fsp3) is 0.619. The maximum Gasteiger partial charge on any atom is 0.490 e. The van der Waals surface area contributed by atoms with Crippen LogP contribution < -0.4 is 0 Å². The molecule has 1 unspecified atom stereocenters. The number of ether oxygens (including phenoxy) is 1. The predicted octanol–water partition coefficient (Wildman–Crippen LogP) is 3.26. The van der Waals surface area contributed by atoms with Gasteiger partial charge in [0.05, 0.1) is 6.61 Å². The van der Waals surface area contributed by atoms with E-state index in [1.165, 1.54) is 18.4 Å². The lowest BCUT2D eigenvalue weighted by Crippen LogP contribution is -2.67. The van der Waals surface area contributed by atoms with E-state index in [0.717, 1.165) is 50.3 Å². The van der Waals surface area contributed by atoms with Crippen molar-refractivity contribution in [3.8, 4) is 0 Å². The van der Waals surface area contributed by atoms with Crippen LogP contribution in [-0.4, -0.2) is 78.4 Å². The van der Waals surface area contributed by atoms with Crippen LogP contribution >= 0.6 is 0 Å². The molecular formula is C21H29F3N2O4. The summed E-state index contributed by atoms with van der Waals surface area (Å²) in [4.78, 5) is 26.4. The Hall–Kier alpha value is -2.13. The number of carboxylic acids is 1. The number of hydrogen-bond acceptors (Lipinski definition) is 4. The van der Waals surface area contributed by atoms with Crippen LogP contribution in [-0.2, 0) is 9.53 Å². The standard InChI is InChI=1S/C19H28N2O2.C2HF3O2/c1-15-5-6-17(16(2)13-15)18(22)20-9-4-7-19(14-20)8-10-21(19)11-12-23-3;3-2(4,5)1(6)7/h5-6,13H,4,7-12,14H2,1-3H3;(H,6,7). The SMILES string of the molecule is COCCN1CCC12CCCN(C(=O)c1ccc(C)cc1C)C2.O=C(O)C(F)(F)F. The summed E-state index contributed by atoms with van der Waals surface area (Å²) in [5.74, 6) is -2.56. The van der Waals surface area contributed by atoms with Crippen molar-refractivity contribution in [2.75, 3.05) is 39.9 Å². The molecule has 2 aliphatic rings. The molecule has 1 aromatic carbocycles. The number of halogens is 3. The number of carboxylic acid groups (broad SMARTS) is 1. The molecule has 1 atom stereocenters. The average molecular weight is 430 g/mol. The molecule has 2 aliphatic heterocycles. The van der Waals surface area contributed by atoms with Crippen molar-refractivity contribution >= 4 is 11.9 Å². The maximum atomic E-state index is 13.0. The highest BCUT2D eigenvalue weighted by atomic mass is 19.4. The van der Waals surface area contributed by atoms with Gasteiger partial charge in [0.2, 0.25) is 0 Å². The molecule has 1 N–H and O–H groups in total. The highest BCUT2D eigenvalue weighted by Crippen LogP contribution is 2.38. The van der Waals surface area contributed by atoms with Gasteiger partial charge in [-0.3, -0.25) is 9.69 Å². The van der Waals surface area contributed by atoms with Gasteiger partial charge in [-0.1, -0.05) is 17.7 Å². The molecule has 6 nitrogen and oxygen atoms in total. The Balaban J connectivity index is 0.000000396. The Kier molecular flexibility index (Phi) is 7.87. The predicted molar refractivity (Wildman–Crippen MR) is 106 cm³/mol. The summed E-state index contributed by atoms with van der Waals surface area (Å²) in [6, 6.07) is 6.12. The number of amides is 1. The van der Waals surface area contributed by atoms with Crippen molar-refractivity contribution in [1.29, 1.82) is 0 Å². The first-order valence-electron chi connectivity index (χ1n) is 9.91. The molecule has 2 saturated heterocycles.